The summed E-state index contributed by atoms with van der Waals surface area (Å²) in [5.74, 6) is 0.735. The Morgan fingerprint density at radius 2 is 2.21 bits per heavy atom. The van der Waals surface area contributed by atoms with Crippen LogP contribution < -0.4 is 5.32 Å². The number of halogens is 1. The summed E-state index contributed by atoms with van der Waals surface area (Å²) in [5, 5.41) is 9.64. The maximum Gasteiger partial charge on any atom is 0.0841 e. The zero-order valence-electron chi connectivity index (χ0n) is 11.3. The van der Waals surface area contributed by atoms with Gasteiger partial charge in [0.25, 0.3) is 0 Å². The second-order valence-electron chi connectivity index (χ2n) is 5.26. The molecule has 0 saturated heterocycles. The summed E-state index contributed by atoms with van der Waals surface area (Å²) in [6, 6.07) is 8.41. The minimum absolute atomic E-state index is 0.277. The van der Waals surface area contributed by atoms with E-state index in [1.165, 1.54) is 23.7 Å². The largest absolute Gasteiger partial charge is 0.310 e. The molecule has 0 spiro atoms. The quantitative estimate of drug-likeness (QED) is 0.822. The van der Waals surface area contributed by atoms with Gasteiger partial charge in [-0.1, -0.05) is 18.2 Å². The second kappa shape index (κ2) is 5.51. The summed E-state index contributed by atoms with van der Waals surface area (Å²) in [6.45, 7) is 4.70. The minimum Gasteiger partial charge on any atom is -0.310 e. The van der Waals surface area contributed by atoms with E-state index in [0.717, 1.165) is 31.2 Å². The molecule has 2 aromatic rings. The molecule has 3 nitrogen and oxygen atoms in total. The van der Waals surface area contributed by atoms with E-state index in [1.54, 1.807) is 0 Å². The summed E-state index contributed by atoms with van der Waals surface area (Å²) in [4.78, 5) is 0. The molecule has 1 unspecified atom stereocenters. The number of benzene rings is 1. The third-order valence-corrected chi connectivity index (χ3v) is 4.31. The molecular weight excluding hydrogens is 258 g/mol. The molecule has 1 aromatic carbocycles. The number of aromatic nitrogens is 2. The van der Waals surface area contributed by atoms with Gasteiger partial charge in [0.2, 0.25) is 0 Å². The minimum atomic E-state index is 0.277. The highest BCUT2D eigenvalue weighted by atomic mass is 35.5. The van der Waals surface area contributed by atoms with Crippen LogP contribution in [0.2, 0.25) is 0 Å². The van der Waals surface area contributed by atoms with Crippen molar-refractivity contribution in [2.75, 3.05) is 6.54 Å². The zero-order chi connectivity index (χ0) is 13.2. The smallest absolute Gasteiger partial charge is 0.0841 e. The van der Waals surface area contributed by atoms with Crippen molar-refractivity contribution in [2.45, 2.75) is 38.2 Å². The van der Waals surface area contributed by atoms with Crippen LogP contribution in [-0.4, -0.2) is 21.7 Å². The highest BCUT2D eigenvalue weighted by Crippen LogP contribution is 2.35. The lowest BCUT2D eigenvalue weighted by Gasteiger charge is -2.08. The summed E-state index contributed by atoms with van der Waals surface area (Å²) in [6.07, 6.45) is 2.59. The predicted octanol–water partition coefficient (Wildman–Crippen LogP) is 3.16. The summed E-state index contributed by atoms with van der Waals surface area (Å²) < 4.78 is 2.06. The van der Waals surface area contributed by atoms with Crippen LogP contribution >= 0.6 is 11.6 Å². The first-order valence-corrected chi connectivity index (χ1v) is 7.52. The Labute approximate surface area is 118 Å². The Morgan fingerprint density at radius 3 is 2.95 bits per heavy atom. The highest BCUT2D eigenvalue weighted by Gasteiger charge is 2.29. The Hall–Kier alpha value is -1.06. The van der Waals surface area contributed by atoms with E-state index in [2.05, 4.69) is 46.3 Å². The monoisotopic (exact) mass is 277 g/mol. The van der Waals surface area contributed by atoms with Crippen LogP contribution in [-0.2, 0) is 13.1 Å². The number of hydrogen-bond acceptors (Lipinski definition) is 2. The average Bonchev–Trinajstić information content (AvgIpc) is 3.22. The molecule has 0 radical (unpaired) electrons. The molecule has 19 heavy (non-hydrogen) atoms. The lowest BCUT2D eigenvalue weighted by molar-refractivity contribution is 0.599. The van der Waals surface area contributed by atoms with Gasteiger partial charge in [-0.3, -0.25) is 4.68 Å². The van der Waals surface area contributed by atoms with Crippen molar-refractivity contribution >= 4 is 22.5 Å². The molecule has 4 heteroatoms. The lowest BCUT2D eigenvalue weighted by Crippen LogP contribution is -2.24. The predicted molar refractivity (Wildman–Crippen MR) is 79.5 cm³/mol. The Morgan fingerprint density at radius 1 is 1.42 bits per heavy atom. The number of rotatable bonds is 6. The van der Waals surface area contributed by atoms with Crippen LogP contribution in [0.5, 0.6) is 0 Å². The molecule has 1 aromatic heterocycles. The van der Waals surface area contributed by atoms with Gasteiger partial charge in [-0.15, -0.1) is 11.6 Å². The van der Waals surface area contributed by atoms with Gasteiger partial charge in [0.05, 0.1) is 11.2 Å². The van der Waals surface area contributed by atoms with Gasteiger partial charge in [-0.25, -0.2) is 0 Å². The molecule has 0 amide bonds. The van der Waals surface area contributed by atoms with Gasteiger partial charge in [-0.05, 0) is 31.7 Å². The van der Waals surface area contributed by atoms with Gasteiger partial charge in [-0.2, -0.15) is 5.10 Å². The molecule has 1 N–H and O–H groups in total. The lowest BCUT2D eigenvalue weighted by atomic mass is 10.2. The number of nitrogens with zero attached hydrogens (tertiary/aromatic N) is 2. The van der Waals surface area contributed by atoms with E-state index in [9.17, 15) is 0 Å². The fourth-order valence-electron chi connectivity index (χ4n) is 2.52. The standard InChI is InChI=1S/C15H20ClN3/c1-2-19-15-6-4-3-5-12(15)14(18-19)10-17-9-13(16)11-7-8-11/h3-6,11,13,17H,2,7-10H2,1H3. The van der Waals surface area contributed by atoms with E-state index in [4.69, 9.17) is 11.6 Å². The van der Waals surface area contributed by atoms with Crippen molar-refractivity contribution in [3.8, 4) is 0 Å². The number of para-hydroxylation sites is 1. The molecule has 1 saturated carbocycles. The molecular formula is C15H20ClN3. The maximum absolute atomic E-state index is 6.31. The normalized spacial score (nSPS) is 16.9. The zero-order valence-corrected chi connectivity index (χ0v) is 12.0. The molecule has 1 aliphatic rings. The van der Waals surface area contributed by atoms with E-state index in [0.29, 0.717) is 0 Å². The van der Waals surface area contributed by atoms with E-state index < -0.39 is 0 Å². The average molecular weight is 278 g/mol. The van der Waals surface area contributed by atoms with Crippen LogP contribution in [0.3, 0.4) is 0 Å². The molecule has 1 heterocycles. The van der Waals surface area contributed by atoms with Crippen molar-refractivity contribution in [3.05, 3.63) is 30.0 Å². The van der Waals surface area contributed by atoms with Gasteiger partial charge >= 0.3 is 0 Å². The topological polar surface area (TPSA) is 29.9 Å². The van der Waals surface area contributed by atoms with Gasteiger partial charge < -0.3 is 5.32 Å². The van der Waals surface area contributed by atoms with Gasteiger partial charge in [0.15, 0.2) is 0 Å². The first-order chi connectivity index (χ1) is 9.29. The fraction of sp³-hybridized carbons (Fsp3) is 0.533. The summed E-state index contributed by atoms with van der Waals surface area (Å²) >= 11 is 6.31. The Kier molecular flexibility index (Phi) is 3.76. The van der Waals surface area contributed by atoms with Crippen molar-refractivity contribution < 1.29 is 0 Å². The second-order valence-corrected chi connectivity index (χ2v) is 5.82. The fourth-order valence-corrected chi connectivity index (χ4v) is 2.88. The number of hydrogen-bond donors (Lipinski definition) is 1. The molecule has 102 valence electrons. The third kappa shape index (κ3) is 2.77. The van der Waals surface area contributed by atoms with Crippen LogP contribution in [0, 0.1) is 5.92 Å². The van der Waals surface area contributed by atoms with Crippen molar-refractivity contribution in [1.29, 1.82) is 0 Å². The Bertz CT molecular complexity index is 560. The molecule has 1 fully saturated rings. The van der Waals surface area contributed by atoms with Crippen LogP contribution in [0.25, 0.3) is 10.9 Å². The van der Waals surface area contributed by atoms with E-state index >= 15 is 0 Å². The van der Waals surface area contributed by atoms with Crippen LogP contribution in [0.1, 0.15) is 25.5 Å². The molecule has 0 bridgehead atoms. The van der Waals surface area contributed by atoms with Crippen molar-refractivity contribution in [1.82, 2.24) is 15.1 Å². The summed E-state index contributed by atoms with van der Waals surface area (Å²) in [7, 11) is 0. The number of alkyl halides is 1. The van der Waals surface area contributed by atoms with Crippen LogP contribution in [0.4, 0.5) is 0 Å². The SMILES string of the molecule is CCn1nc(CNCC(Cl)C2CC2)c2ccccc21. The number of aryl methyl sites for hydroxylation is 1. The number of fused-ring (bicyclic) bond motifs is 1. The van der Waals surface area contributed by atoms with Crippen molar-refractivity contribution in [2.24, 2.45) is 5.92 Å². The van der Waals surface area contributed by atoms with E-state index in [1.807, 2.05) is 0 Å². The number of nitrogens with one attached hydrogen (secondary N) is 1. The first kappa shape index (κ1) is 12.9. The van der Waals surface area contributed by atoms with Gasteiger partial charge in [0, 0.05) is 30.4 Å². The highest BCUT2D eigenvalue weighted by molar-refractivity contribution is 6.21. The maximum atomic E-state index is 6.31. The van der Waals surface area contributed by atoms with E-state index in [-0.39, 0.29) is 5.38 Å². The molecule has 1 atom stereocenters. The molecule has 0 aliphatic heterocycles. The first-order valence-electron chi connectivity index (χ1n) is 7.08. The molecule has 3 rings (SSSR count). The summed E-state index contributed by atoms with van der Waals surface area (Å²) in [5.41, 5.74) is 2.34. The molecule has 1 aliphatic carbocycles. The van der Waals surface area contributed by atoms with Crippen molar-refractivity contribution in [3.63, 3.8) is 0 Å². The third-order valence-electron chi connectivity index (χ3n) is 3.80. The van der Waals surface area contributed by atoms with Crippen LogP contribution in [0.15, 0.2) is 24.3 Å². The Balaban J connectivity index is 1.69. The van der Waals surface area contributed by atoms with Gasteiger partial charge in [0.1, 0.15) is 0 Å².